The number of thioether (sulfide) groups is 1. The summed E-state index contributed by atoms with van der Waals surface area (Å²) in [4.78, 5) is 14.8. The third-order valence-corrected chi connectivity index (χ3v) is 8.82. The molecule has 1 aliphatic heterocycles. The summed E-state index contributed by atoms with van der Waals surface area (Å²) < 4.78 is 5.79. The van der Waals surface area contributed by atoms with Crippen LogP contribution in [-0.2, 0) is 9.48 Å². The molecule has 0 radical (unpaired) electrons. The molecule has 2 saturated carbocycles. The Kier molecular flexibility index (Phi) is 7.09. The predicted octanol–water partition coefficient (Wildman–Crippen LogP) is 4.62. The Balaban J connectivity index is 1.40. The molecule has 0 bridgehead atoms. The molecule has 33 heavy (non-hydrogen) atoms. The number of hydrogen-bond donors (Lipinski definition) is 1. The summed E-state index contributed by atoms with van der Waals surface area (Å²) in [5.41, 5.74) is 3.46. The van der Waals surface area contributed by atoms with E-state index in [-0.39, 0.29) is 4.75 Å². The van der Waals surface area contributed by atoms with Gasteiger partial charge < -0.3 is 19.9 Å². The van der Waals surface area contributed by atoms with Crippen LogP contribution < -0.4 is 10.2 Å². The van der Waals surface area contributed by atoms with E-state index in [0.717, 1.165) is 67.5 Å². The largest absolute Gasteiger partial charge is 0.384 e. The zero-order valence-corrected chi connectivity index (χ0v) is 20.9. The fourth-order valence-electron chi connectivity index (χ4n) is 4.79. The first-order valence-electron chi connectivity index (χ1n) is 12.5. The lowest BCUT2D eigenvalue weighted by Crippen LogP contribution is -2.37. The van der Waals surface area contributed by atoms with Crippen molar-refractivity contribution in [2.45, 2.75) is 48.5 Å². The van der Waals surface area contributed by atoms with Crippen molar-refractivity contribution in [2.75, 3.05) is 63.7 Å². The van der Waals surface area contributed by atoms with Gasteiger partial charge in [-0.25, -0.2) is 9.97 Å². The number of aromatic nitrogens is 2. The number of nitrogens with one attached hydrogen (secondary N) is 1. The van der Waals surface area contributed by atoms with Gasteiger partial charge in [0.2, 0.25) is 0 Å². The molecule has 178 valence electrons. The van der Waals surface area contributed by atoms with Crippen LogP contribution in [0.3, 0.4) is 0 Å². The van der Waals surface area contributed by atoms with Gasteiger partial charge in [-0.15, -0.1) is 11.8 Å². The summed E-state index contributed by atoms with van der Waals surface area (Å²) >= 11 is 2.20. The Hall–Kier alpha value is -1.83. The predicted molar refractivity (Wildman–Crippen MR) is 138 cm³/mol. The molecule has 3 aliphatic rings. The van der Waals surface area contributed by atoms with Crippen LogP contribution in [0, 0.1) is 0 Å². The number of rotatable bonds is 9. The van der Waals surface area contributed by atoms with E-state index in [4.69, 9.17) is 14.7 Å². The van der Waals surface area contributed by atoms with Gasteiger partial charge in [0, 0.05) is 48.7 Å². The average Bonchev–Trinajstić information content (AvgIpc) is 3.44. The number of anilines is 2. The summed E-state index contributed by atoms with van der Waals surface area (Å²) in [6.45, 7) is 5.27. The van der Waals surface area contributed by atoms with Crippen molar-refractivity contribution in [1.29, 1.82) is 0 Å². The first-order valence-corrected chi connectivity index (χ1v) is 13.4. The van der Waals surface area contributed by atoms with Crippen molar-refractivity contribution in [3.63, 3.8) is 0 Å². The third kappa shape index (κ3) is 5.64. The minimum atomic E-state index is 0.196. The van der Waals surface area contributed by atoms with Gasteiger partial charge in [0.25, 0.3) is 0 Å². The second kappa shape index (κ2) is 10.2. The maximum atomic E-state index is 5.60. The minimum Gasteiger partial charge on any atom is -0.384 e. The van der Waals surface area contributed by atoms with E-state index in [1.807, 2.05) is 0 Å². The van der Waals surface area contributed by atoms with Crippen LogP contribution in [0.1, 0.15) is 44.2 Å². The van der Waals surface area contributed by atoms with Gasteiger partial charge in [0.1, 0.15) is 5.82 Å². The summed E-state index contributed by atoms with van der Waals surface area (Å²) in [7, 11) is 4.19. The van der Waals surface area contributed by atoms with Gasteiger partial charge >= 0.3 is 0 Å². The molecule has 3 fully saturated rings. The van der Waals surface area contributed by atoms with E-state index >= 15 is 0 Å². The van der Waals surface area contributed by atoms with E-state index < -0.39 is 0 Å². The number of ether oxygens (including phenoxy) is 1. The normalized spacial score (nSPS) is 20.4. The summed E-state index contributed by atoms with van der Waals surface area (Å²) in [5, 5.41) is 4.29. The molecular weight excluding hydrogens is 430 g/mol. The number of morpholine rings is 1. The molecule has 7 heteroatoms. The summed E-state index contributed by atoms with van der Waals surface area (Å²) in [5.74, 6) is 1.91. The van der Waals surface area contributed by atoms with Crippen molar-refractivity contribution in [2.24, 2.45) is 0 Å². The van der Waals surface area contributed by atoms with E-state index in [9.17, 15) is 0 Å². The number of hydrogen-bond acceptors (Lipinski definition) is 7. The Labute approximate surface area is 202 Å². The van der Waals surface area contributed by atoms with Crippen molar-refractivity contribution in [3.05, 3.63) is 36.0 Å². The first-order chi connectivity index (χ1) is 16.1. The first kappa shape index (κ1) is 22.9. The number of nitrogens with zero attached hydrogens (tertiary/aromatic N) is 4. The van der Waals surface area contributed by atoms with Crippen molar-refractivity contribution in [1.82, 2.24) is 14.9 Å². The maximum Gasteiger partial charge on any atom is 0.161 e. The summed E-state index contributed by atoms with van der Waals surface area (Å²) in [6.07, 6.45) is 7.98. The van der Waals surface area contributed by atoms with Gasteiger partial charge in [-0.05, 0) is 64.0 Å². The lowest BCUT2D eigenvalue weighted by molar-refractivity contribution is 0.122. The van der Waals surface area contributed by atoms with E-state index in [1.54, 1.807) is 0 Å². The molecule has 1 saturated heterocycles. The standard InChI is InChI=1S/C26H37N5OS/c1-30(2)14-13-27-21-9-7-20(8-10-21)25-28-23(19-24(29-25)31-15-17-32-18-16-31)26(11-12-26)33-22-5-3-4-6-22/h7-10,19,22,27H,3-6,11-18H2,1-2H3. The van der Waals surface area contributed by atoms with E-state index in [1.165, 1.54) is 44.2 Å². The molecule has 0 unspecified atom stereocenters. The molecule has 1 aromatic carbocycles. The Morgan fingerprint density at radius 2 is 1.82 bits per heavy atom. The smallest absolute Gasteiger partial charge is 0.161 e. The molecular formula is C26H37N5OS. The zero-order valence-electron chi connectivity index (χ0n) is 20.1. The van der Waals surface area contributed by atoms with Crippen LogP contribution in [0.25, 0.3) is 11.4 Å². The monoisotopic (exact) mass is 467 g/mol. The molecule has 0 amide bonds. The highest BCUT2D eigenvalue weighted by Crippen LogP contribution is 2.60. The topological polar surface area (TPSA) is 53.5 Å². The molecule has 6 nitrogen and oxygen atoms in total. The van der Waals surface area contributed by atoms with Crippen molar-refractivity contribution in [3.8, 4) is 11.4 Å². The SMILES string of the molecule is CN(C)CCNc1ccc(-c2nc(N3CCOCC3)cc(C3(SC4CCCC4)CC3)n2)cc1. The molecule has 5 rings (SSSR count). The second-order valence-electron chi connectivity index (χ2n) is 9.86. The highest BCUT2D eigenvalue weighted by Gasteiger charge is 2.48. The lowest BCUT2D eigenvalue weighted by atomic mass is 10.1. The Morgan fingerprint density at radius 1 is 1.09 bits per heavy atom. The molecule has 1 N–H and O–H groups in total. The highest BCUT2D eigenvalue weighted by atomic mass is 32.2. The van der Waals surface area contributed by atoms with Crippen molar-refractivity contribution < 1.29 is 4.74 Å². The molecule has 1 aromatic heterocycles. The Bertz CT molecular complexity index is 919. The average molecular weight is 468 g/mol. The number of likely N-dealkylation sites (N-methyl/N-ethyl adjacent to an activating group) is 1. The fourth-order valence-corrected chi connectivity index (χ4v) is 6.56. The van der Waals surface area contributed by atoms with E-state index in [0.29, 0.717) is 0 Å². The lowest BCUT2D eigenvalue weighted by Gasteiger charge is -2.29. The molecule has 0 spiro atoms. The molecule has 2 aromatic rings. The maximum absolute atomic E-state index is 5.60. The molecule has 2 heterocycles. The van der Waals surface area contributed by atoms with Crippen LogP contribution in [-0.4, -0.2) is 73.6 Å². The fraction of sp³-hybridized carbons (Fsp3) is 0.615. The second-order valence-corrected chi connectivity index (χ2v) is 11.5. The quantitative estimate of drug-likeness (QED) is 0.577. The van der Waals surface area contributed by atoms with Crippen LogP contribution in [0.4, 0.5) is 11.5 Å². The zero-order chi connectivity index (χ0) is 22.7. The van der Waals surface area contributed by atoms with Gasteiger partial charge in [0.15, 0.2) is 5.82 Å². The van der Waals surface area contributed by atoms with Gasteiger partial charge in [0.05, 0.1) is 23.7 Å². The molecule has 0 atom stereocenters. The van der Waals surface area contributed by atoms with Gasteiger partial charge in [-0.3, -0.25) is 0 Å². The highest BCUT2D eigenvalue weighted by molar-refractivity contribution is 8.01. The van der Waals surface area contributed by atoms with Crippen LogP contribution >= 0.6 is 11.8 Å². The third-order valence-electron chi connectivity index (χ3n) is 6.94. The van der Waals surface area contributed by atoms with Crippen LogP contribution in [0.5, 0.6) is 0 Å². The van der Waals surface area contributed by atoms with Crippen LogP contribution in [0.15, 0.2) is 30.3 Å². The Morgan fingerprint density at radius 3 is 2.48 bits per heavy atom. The van der Waals surface area contributed by atoms with Crippen LogP contribution in [0.2, 0.25) is 0 Å². The number of benzene rings is 1. The summed E-state index contributed by atoms with van der Waals surface area (Å²) in [6, 6.07) is 10.9. The molecule has 2 aliphatic carbocycles. The van der Waals surface area contributed by atoms with E-state index in [2.05, 4.69) is 71.3 Å². The van der Waals surface area contributed by atoms with Gasteiger partial charge in [-0.1, -0.05) is 12.8 Å². The van der Waals surface area contributed by atoms with Crippen molar-refractivity contribution >= 4 is 23.3 Å². The van der Waals surface area contributed by atoms with Gasteiger partial charge in [-0.2, -0.15) is 0 Å². The minimum absolute atomic E-state index is 0.196.